The van der Waals surface area contributed by atoms with Crippen LogP contribution in [0.4, 0.5) is 11.6 Å². The van der Waals surface area contributed by atoms with E-state index in [-0.39, 0.29) is 42.1 Å². The van der Waals surface area contributed by atoms with Crippen LogP contribution >= 0.6 is 0 Å². The van der Waals surface area contributed by atoms with Crippen LogP contribution in [0, 0.1) is 0 Å². The number of aromatic amines is 2. The molecule has 1 amide bonds. The quantitative estimate of drug-likeness (QED) is 0.128. The Kier molecular flexibility index (Phi) is 8.68. The van der Waals surface area contributed by atoms with Crippen LogP contribution in [-0.4, -0.2) is 74.0 Å². The molecular formula is C24H23N11O6. The van der Waals surface area contributed by atoms with E-state index in [2.05, 4.69) is 50.5 Å². The Balaban J connectivity index is 0.000000360. The number of imidazole rings is 1. The van der Waals surface area contributed by atoms with Gasteiger partial charge in [0, 0.05) is 17.7 Å². The van der Waals surface area contributed by atoms with Gasteiger partial charge >= 0.3 is 17.5 Å². The fourth-order valence-electron chi connectivity index (χ4n) is 3.45. The molecule has 1 aromatic carbocycles. The molecule has 5 rings (SSSR count). The number of carbonyl (C=O) groups excluding carboxylic acids is 1. The van der Waals surface area contributed by atoms with Crippen LogP contribution < -0.4 is 21.9 Å². The average Bonchev–Trinajstić information content (AvgIpc) is 3.43. The lowest BCUT2D eigenvalue weighted by Crippen LogP contribution is -2.41. The Morgan fingerprint density at radius 2 is 1.80 bits per heavy atom. The number of aliphatic carboxylic acids is 2. The van der Waals surface area contributed by atoms with Crippen molar-refractivity contribution in [2.24, 2.45) is 0 Å². The molecule has 210 valence electrons. The topological polar surface area (TPSA) is 268 Å². The van der Waals surface area contributed by atoms with Crippen LogP contribution in [0.15, 0.2) is 54.1 Å². The first-order valence-electron chi connectivity index (χ1n) is 11.9. The fourth-order valence-corrected chi connectivity index (χ4v) is 3.45. The van der Waals surface area contributed by atoms with E-state index < -0.39 is 29.4 Å². The van der Waals surface area contributed by atoms with Gasteiger partial charge in [-0.3, -0.25) is 14.4 Å². The summed E-state index contributed by atoms with van der Waals surface area (Å²) in [6.45, 7) is 0.231. The molecule has 1 atom stereocenters. The number of hydrogen-bond acceptors (Lipinski definition) is 12. The molecule has 0 unspecified atom stereocenters. The minimum absolute atomic E-state index is 0.0524. The lowest BCUT2D eigenvalue weighted by Gasteiger charge is -2.14. The predicted octanol–water partition coefficient (Wildman–Crippen LogP) is 0.308. The molecule has 0 fully saturated rings. The van der Waals surface area contributed by atoms with Crippen molar-refractivity contribution in [2.75, 3.05) is 11.1 Å². The number of carbonyl (C=O) groups is 3. The standard InChI is InChI=1S/C19H19N7O6.C5H4N4/c20-19-25-15-14(17(30)26-19)23-11(8-22-15)7-21-10-3-1-9(2-4-10)16(29)24-12(18(31)32)5-6-13(27)28;1-4-5(8-2-6-1)9-3-7-4/h1-4,8,12,21H,5-7H2,(H,24,29)(H,27,28)(H,31,32)(H3,20,22,25,26,30);1-3H,(H,6,7,8,9)/t12-;/m0./s1. The van der Waals surface area contributed by atoms with Crippen LogP contribution in [0.1, 0.15) is 28.9 Å². The zero-order valence-electron chi connectivity index (χ0n) is 21.1. The van der Waals surface area contributed by atoms with E-state index >= 15 is 0 Å². The van der Waals surface area contributed by atoms with Crippen molar-refractivity contribution in [1.82, 2.24) is 45.2 Å². The number of carboxylic acid groups (broad SMARTS) is 2. The molecule has 0 aliphatic carbocycles. The molecule has 17 nitrogen and oxygen atoms in total. The number of nitrogens with two attached hydrogens (primary N) is 1. The van der Waals surface area contributed by atoms with Gasteiger partial charge in [0.05, 0.1) is 31.0 Å². The fraction of sp³-hybridized carbons (Fsp3) is 0.167. The highest BCUT2D eigenvalue weighted by molar-refractivity contribution is 5.97. The summed E-state index contributed by atoms with van der Waals surface area (Å²) in [6.07, 6.45) is 5.62. The molecule has 0 aliphatic rings. The molecular weight excluding hydrogens is 538 g/mol. The van der Waals surface area contributed by atoms with Gasteiger partial charge in [0.2, 0.25) is 5.95 Å². The summed E-state index contributed by atoms with van der Waals surface area (Å²) < 4.78 is 0. The summed E-state index contributed by atoms with van der Waals surface area (Å²) in [6, 6.07) is 4.86. The number of carboxylic acids is 2. The zero-order valence-corrected chi connectivity index (χ0v) is 21.1. The van der Waals surface area contributed by atoms with Gasteiger partial charge in [-0.1, -0.05) is 0 Å². The van der Waals surface area contributed by atoms with Crippen LogP contribution in [0.25, 0.3) is 22.3 Å². The summed E-state index contributed by atoms with van der Waals surface area (Å²) in [5, 5.41) is 23.2. The number of nitrogens with zero attached hydrogens (tertiary/aromatic N) is 6. The average molecular weight is 562 g/mol. The van der Waals surface area contributed by atoms with Gasteiger partial charge in [-0.25, -0.2) is 29.7 Å². The second-order valence-corrected chi connectivity index (χ2v) is 8.38. The van der Waals surface area contributed by atoms with E-state index in [1.807, 2.05) is 0 Å². The molecule has 8 N–H and O–H groups in total. The van der Waals surface area contributed by atoms with E-state index in [1.54, 1.807) is 24.7 Å². The van der Waals surface area contributed by atoms with E-state index in [0.29, 0.717) is 17.0 Å². The first-order chi connectivity index (χ1) is 19.7. The monoisotopic (exact) mass is 561 g/mol. The number of benzene rings is 1. The minimum Gasteiger partial charge on any atom is -0.481 e. The van der Waals surface area contributed by atoms with Crippen LogP contribution in [-0.2, 0) is 16.1 Å². The first kappa shape index (κ1) is 28.0. The van der Waals surface area contributed by atoms with E-state index in [1.165, 1.54) is 24.7 Å². The van der Waals surface area contributed by atoms with Crippen molar-refractivity contribution < 1.29 is 24.6 Å². The van der Waals surface area contributed by atoms with Crippen molar-refractivity contribution in [2.45, 2.75) is 25.4 Å². The van der Waals surface area contributed by atoms with Crippen LogP contribution in [0.3, 0.4) is 0 Å². The highest BCUT2D eigenvalue weighted by Gasteiger charge is 2.21. The maximum absolute atomic E-state index is 12.3. The van der Waals surface area contributed by atoms with Crippen molar-refractivity contribution in [3.63, 3.8) is 0 Å². The molecule has 0 bridgehead atoms. The highest BCUT2D eigenvalue weighted by Crippen LogP contribution is 2.12. The van der Waals surface area contributed by atoms with Crippen molar-refractivity contribution in [1.29, 1.82) is 0 Å². The molecule has 4 heterocycles. The molecule has 0 aliphatic heterocycles. The Hall–Kier alpha value is -6.00. The van der Waals surface area contributed by atoms with Gasteiger partial charge in [0.15, 0.2) is 16.8 Å². The Morgan fingerprint density at radius 3 is 2.51 bits per heavy atom. The molecule has 41 heavy (non-hydrogen) atoms. The van der Waals surface area contributed by atoms with Crippen molar-refractivity contribution in [3.05, 3.63) is 70.9 Å². The Bertz CT molecular complexity index is 1720. The largest absolute Gasteiger partial charge is 0.481 e. The second kappa shape index (κ2) is 12.7. The highest BCUT2D eigenvalue weighted by atomic mass is 16.4. The number of hydrogen-bond donors (Lipinski definition) is 7. The van der Waals surface area contributed by atoms with E-state index in [4.69, 9.17) is 15.9 Å². The Morgan fingerprint density at radius 1 is 1.02 bits per heavy atom. The van der Waals surface area contributed by atoms with Gasteiger partial charge < -0.3 is 36.5 Å². The van der Waals surface area contributed by atoms with Gasteiger partial charge in [0.25, 0.3) is 5.91 Å². The van der Waals surface area contributed by atoms with Crippen LogP contribution in [0.5, 0.6) is 0 Å². The molecule has 17 heteroatoms. The first-order valence-corrected chi connectivity index (χ1v) is 11.9. The van der Waals surface area contributed by atoms with Gasteiger partial charge in [-0.2, -0.15) is 4.98 Å². The zero-order chi connectivity index (χ0) is 29.4. The van der Waals surface area contributed by atoms with E-state index in [9.17, 15) is 19.2 Å². The number of rotatable bonds is 9. The molecule has 0 radical (unpaired) electrons. The van der Waals surface area contributed by atoms with Crippen molar-refractivity contribution in [3.8, 4) is 0 Å². The molecule has 4 aromatic heterocycles. The number of nitrogens with one attached hydrogen (secondary N) is 4. The maximum atomic E-state index is 12.3. The summed E-state index contributed by atoms with van der Waals surface area (Å²) in [5.74, 6) is -3.16. The SMILES string of the molecule is Nc1nc(=O)c2nc(CNc3ccc(C(=O)N[C@@H](CCC(=O)O)C(=O)O)cc3)cnc2[nH]1.c1ncc2[nH]cnc2n1. The lowest BCUT2D eigenvalue weighted by molar-refractivity contribution is -0.140. The number of nitrogen functional groups attached to an aromatic ring is 1. The number of fused-ring (bicyclic) bond motifs is 2. The Labute approximate surface area is 229 Å². The van der Waals surface area contributed by atoms with Gasteiger partial charge in [0.1, 0.15) is 17.9 Å². The third kappa shape index (κ3) is 7.53. The summed E-state index contributed by atoms with van der Waals surface area (Å²) >= 11 is 0. The summed E-state index contributed by atoms with van der Waals surface area (Å²) in [5.41, 5.74) is 8.06. The van der Waals surface area contributed by atoms with Crippen LogP contribution in [0.2, 0.25) is 0 Å². The number of H-pyrrole nitrogens is 2. The second-order valence-electron chi connectivity index (χ2n) is 8.38. The third-order valence-electron chi connectivity index (χ3n) is 5.46. The number of anilines is 2. The summed E-state index contributed by atoms with van der Waals surface area (Å²) in [4.78, 5) is 75.0. The lowest BCUT2D eigenvalue weighted by atomic mass is 10.1. The van der Waals surface area contributed by atoms with Gasteiger partial charge in [-0.15, -0.1) is 0 Å². The minimum atomic E-state index is -1.31. The third-order valence-corrected chi connectivity index (χ3v) is 5.46. The maximum Gasteiger partial charge on any atom is 0.326 e. The smallest absolute Gasteiger partial charge is 0.326 e. The molecule has 0 saturated carbocycles. The molecule has 5 aromatic rings. The normalized spacial score (nSPS) is 11.3. The molecule has 0 spiro atoms. The molecule has 0 saturated heterocycles. The number of aromatic nitrogens is 8. The van der Waals surface area contributed by atoms with Crippen molar-refractivity contribution >= 4 is 51.8 Å². The summed E-state index contributed by atoms with van der Waals surface area (Å²) in [7, 11) is 0. The predicted molar refractivity (Wildman–Crippen MR) is 144 cm³/mol. The van der Waals surface area contributed by atoms with E-state index in [0.717, 1.165) is 5.52 Å². The number of amides is 1. The van der Waals surface area contributed by atoms with Gasteiger partial charge in [-0.05, 0) is 30.7 Å².